The molecule has 2 rings (SSSR count). The molecule has 0 bridgehead atoms. The van der Waals surface area contributed by atoms with E-state index in [1.807, 2.05) is 0 Å². The topological polar surface area (TPSA) is 170 Å². The fraction of sp³-hybridized carbons (Fsp3) is 0.250. The SMILES string of the molecule is CNC(=O)NCc1cc([N+](=O)[O-])cc2[nH]c(=O)c(C(O)O)nc12. The molecule has 0 saturated carbocycles. The van der Waals surface area contributed by atoms with Crippen molar-refractivity contribution < 1.29 is 19.9 Å². The van der Waals surface area contributed by atoms with Crippen LogP contribution in [0.25, 0.3) is 11.0 Å². The van der Waals surface area contributed by atoms with Crippen molar-refractivity contribution in [1.82, 2.24) is 20.6 Å². The molecule has 0 aliphatic carbocycles. The number of nitro groups is 1. The van der Waals surface area contributed by atoms with Gasteiger partial charge in [0.25, 0.3) is 11.2 Å². The van der Waals surface area contributed by atoms with Crippen LogP contribution in [0, 0.1) is 10.1 Å². The Kier molecular flexibility index (Phi) is 4.52. The minimum atomic E-state index is -2.10. The third-order valence-corrected chi connectivity index (χ3v) is 3.01. The lowest BCUT2D eigenvalue weighted by molar-refractivity contribution is -0.384. The zero-order valence-electron chi connectivity index (χ0n) is 11.9. The van der Waals surface area contributed by atoms with E-state index in [1.165, 1.54) is 13.1 Å². The molecular formula is C12H13N5O6. The van der Waals surface area contributed by atoms with E-state index in [9.17, 15) is 19.7 Å². The highest BCUT2D eigenvalue weighted by atomic mass is 16.6. The standard InChI is InChI=1S/C12H13N5O6/c1-13-12(21)14-4-5-2-6(17(22)23)3-7-8(5)16-9(11(19)20)10(18)15-7/h2-3,11,19-20H,4H2,1H3,(H,15,18)(H2,13,14,21). The summed E-state index contributed by atoms with van der Waals surface area (Å²) in [7, 11) is 1.40. The molecule has 5 N–H and O–H groups in total. The van der Waals surface area contributed by atoms with Gasteiger partial charge in [0.2, 0.25) is 6.29 Å². The molecule has 0 unspecified atom stereocenters. The maximum atomic E-state index is 11.7. The van der Waals surface area contributed by atoms with Gasteiger partial charge in [0, 0.05) is 31.3 Å². The number of carbonyl (C=O) groups is 1. The molecule has 0 saturated heterocycles. The summed E-state index contributed by atoms with van der Waals surface area (Å²) >= 11 is 0. The molecule has 1 heterocycles. The first kappa shape index (κ1) is 16.3. The molecule has 0 aliphatic heterocycles. The van der Waals surface area contributed by atoms with Gasteiger partial charge >= 0.3 is 6.03 Å². The quantitative estimate of drug-likeness (QED) is 0.279. The predicted octanol–water partition coefficient (Wildman–Crippen LogP) is -0.756. The number of nitrogens with one attached hydrogen (secondary N) is 3. The Hall–Kier alpha value is -3.05. The summed E-state index contributed by atoms with van der Waals surface area (Å²) < 4.78 is 0. The Balaban J connectivity index is 2.64. The average Bonchev–Trinajstić information content (AvgIpc) is 2.50. The minimum Gasteiger partial charge on any atom is -0.363 e. The Morgan fingerprint density at radius 3 is 2.74 bits per heavy atom. The summed E-state index contributed by atoms with van der Waals surface area (Å²) in [6.45, 7) is -0.113. The number of fused-ring (bicyclic) bond motifs is 1. The van der Waals surface area contributed by atoms with E-state index in [-0.39, 0.29) is 28.8 Å². The second-order valence-corrected chi connectivity index (χ2v) is 4.52. The van der Waals surface area contributed by atoms with Crippen LogP contribution in [-0.4, -0.2) is 38.2 Å². The summed E-state index contributed by atoms with van der Waals surface area (Å²) in [5.74, 6) is 0. The van der Waals surface area contributed by atoms with E-state index in [0.717, 1.165) is 6.07 Å². The maximum Gasteiger partial charge on any atom is 0.314 e. The van der Waals surface area contributed by atoms with Gasteiger partial charge in [0.15, 0.2) is 5.69 Å². The molecule has 11 nitrogen and oxygen atoms in total. The van der Waals surface area contributed by atoms with Gasteiger partial charge < -0.3 is 25.8 Å². The third kappa shape index (κ3) is 3.41. The van der Waals surface area contributed by atoms with Gasteiger partial charge in [-0.3, -0.25) is 14.9 Å². The van der Waals surface area contributed by atoms with E-state index < -0.39 is 28.5 Å². The first-order chi connectivity index (χ1) is 10.8. The van der Waals surface area contributed by atoms with Crippen molar-refractivity contribution in [2.75, 3.05) is 7.05 Å². The number of non-ortho nitro benzene ring substituents is 1. The minimum absolute atomic E-state index is 0.0438. The van der Waals surface area contributed by atoms with Gasteiger partial charge in [-0.05, 0) is 0 Å². The zero-order chi connectivity index (χ0) is 17.1. The Morgan fingerprint density at radius 2 is 2.17 bits per heavy atom. The van der Waals surface area contributed by atoms with Crippen LogP contribution in [0.2, 0.25) is 0 Å². The number of aromatic nitrogens is 2. The number of aliphatic hydroxyl groups is 2. The second kappa shape index (κ2) is 6.37. The van der Waals surface area contributed by atoms with E-state index in [1.54, 1.807) is 0 Å². The summed E-state index contributed by atoms with van der Waals surface area (Å²) in [5, 5.41) is 34.0. The van der Waals surface area contributed by atoms with Crippen LogP contribution >= 0.6 is 0 Å². The highest BCUT2D eigenvalue weighted by molar-refractivity contribution is 5.81. The number of rotatable bonds is 4. The number of amides is 2. The highest BCUT2D eigenvalue weighted by Crippen LogP contribution is 2.22. The third-order valence-electron chi connectivity index (χ3n) is 3.01. The van der Waals surface area contributed by atoms with Crippen molar-refractivity contribution in [2.45, 2.75) is 12.8 Å². The predicted molar refractivity (Wildman–Crippen MR) is 77.5 cm³/mol. The number of benzene rings is 1. The largest absolute Gasteiger partial charge is 0.363 e. The average molecular weight is 323 g/mol. The maximum absolute atomic E-state index is 11.7. The summed E-state index contributed by atoms with van der Waals surface area (Å²) in [5.41, 5.74) is -1.35. The van der Waals surface area contributed by atoms with Crippen molar-refractivity contribution in [3.63, 3.8) is 0 Å². The molecule has 0 spiro atoms. The summed E-state index contributed by atoms with van der Waals surface area (Å²) in [4.78, 5) is 39.4. The van der Waals surface area contributed by atoms with Crippen LogP contribution in [0.15, 0.2) is 16.9 Å². The van der Waals surface area contributed by atoms with Gasteiger partial charge in [0.05, 0.1) is 16.0 Å². The van der Waals surface area contributed by atoms with Crippen LogP contribution in [-0.2, 0) is 6.54 Å². The molecule has 0 radical (unpaired) electrons. The Bertz CT molecular complexity index is 831. The van der Waals surface area contributed by atoms with E-state index >= 15 is 0 Å². The lowest BCUT2D eigenvalue weighted by Crippen LogP contribution is -2.32. The number of H-pyrrole nitrogens is 1. The number of hydrogen-bond acceptors (Lipinski definition) is 7. The van der Waals surface area contributed by atoms with Crippen LogP contribution < -0.4 is 16.2 Å². The van der Waals surface area contributed by atoms with Crippen LogP contribution in [0.1, 0.15) is 17.5 Å². The molecule has 0 fully saturated rings. The summed E-state index contributed by atoms with van der Waals surface area (Å²) in [6, 6.07) is 1.76. The fourth-order valence-electron chi connectivity index (χ4n) is 1.94. The molecule has 122 valence electrons. The van der Waals surface area contributed by atoms with E-state index in [2.05, 4.69) is 20.6 Å². The monoisotopic (exact) mass is 323 g/mol. The van der Waals surface area contributed by atoms with Gasteiger partial charge in [0.1, 0.15) is 0 Å². The molecule has 11 heteroatoms. The van der Waals surface area contributed by atoms with Crippen molar-refractivity contribution in [1.29, 1.82) is 0 Å². The van der Waals surface area contributed by atoms with Crippen LogP contribution in [0.4, 0.5) is 10.5 Å². The Morgan fingerprint density at radius 1 is 1.48 bits per heavy atom. The number of nitrogens with zero attached hydrogens (tertiary/aromatic N) is 2. The van der Waals surface area contributed by atoms with Gasteiger partial charge in [-0.15, -0.1) is 0 Å². The van der Waals surface area contributed by atoms with Crippen molar-refractivity contribution in [3.8, 4) is 0 Å². The van der Waals surface area contributed by atoms with E-state index in [0.29, 0.717) is 0 Å². The van der Waals surface area contributed by atoms with Gasteiger partial charge in [-0.25, -0.2) is 9.78 Å². The molecule has 1 aromatic carbocycles. The molecule has 1 aromatic heterocycles. The second-order valence-electron chi connectivity index (χ2n) is 4.52. The number of hydrogen-bond donors (Lipinski definition) is 5. The molecule has 2 amide bonds. The summed E-state index contributed by atoms with van der Waals surface area (Å²) in [6.07, 6.45) is -2.10. The van der Waals surface area contributed by atoms with Crippen molar-refractivity contribution in [3.05, 3.63) is 43.9 Å². The molecular weight excluding hydrogens is 310 g/mol. The first-order valence-corrected chi connectivity index (χ1v) is 6.36. The molecule has 2 aromatic rings. The lowest BCUT2D eigenvalue weighted by atomic mass is 10.1. The van der Waals surface area contributed by atoms with Gasteiger partial charge in [-0.1, -0.05) is 0 Å². The van der Waals surface area contributed by atoms with Crippen molar-refractivity contribution in [2.24, 2.45) is 0 Å². The molecule has 23 heavy (non-hydrogen) atoms. The van der Waals surface area contributed by atoms with E-state index in [4.69, 9.17) is 10.2 Å². The molecule has 0 aliphatic rings. The van der Waals surface area contributed by atoms with Gasteiger partial charge in [-0.2, -0.15) is 0 Å². The smallest absolute Gasteiger partial charge is 0.314 e. The Labute approximate surface area is 128 Å². The molecule has 0 atom stereocenters. The number of nitro benzene ring substituents is 1. The van der Waals surface area contributed by atoms with Crippen molar-refractivity contribution >= 4 is 22.8 Å². The lowest BCUT2D eigenvalue weighted by Gasteiger charge is -2.09. The first-order valence-electron chi connectivity index (χ1n) is 6.36. The number of aliphatic hydroxyl groups excluding tert-OH is 1. The zero-order valence-corrected chi connectivity index (χ0v) is 11.9. The van der Waals surface area contributed by atoms with Crippen LogP contribution in [0.5, 0.6) is 0 Å². The van der Waals surface area contributed by atoms with Crippen LogP contribution in [0.3, 0.4) is 0 Å². The number of aromatic amines is 1. The normalized spacial score (nSPS) is 10.8. The highest BCUT2D eigenvalue weighted by Gasteiger charge is 2.18. The fourth-order valence-corrected chi connectivity index (χ4v) is 1.94. The number of urea groups is 1. The number of carbonyl (C=O) groups excluding carboxylic acids is 1.